The number of anilines is 2. The Morgan fingerprint density at radius 3 is 2.35 bits per heavy atom. The van der Waals surface area contributed by atoms with Gasteiger partial charge in [0.15, 0.2) is 0 Å². The first-order chi connectivity index (χ1) is 12.0. The van der Waals surface area contributed by atoms with Gasteiger partial charge >= 0.3 is 6.18 Å². The first-order valence-corrected chi connectivity index (χ1v) is 7.52. The van der Waals surface area contributed by atoms with Gasteiger partial charge in [0.25, 0.3) is 11.6 Å². The SMILES string of the molecule is CN(C)c1ccc(C(F)(F)F)cc1NC(=O)c1ccc([N+](=O)[O-])cc1Cl. The summed E-state index contributed by atoms with van der Waals surface area (Å²) in [4.78, 5) is 24.0. The average molecular weight is 388 g/mol. The van der Waals surface area contributed by atoms with Crippen molar-refractivity contribution >= 4 is 34.6 Å². The van der Waals surface area contributed by atoms with Crippen molar-refractivity contribution in [3.63, 3.8) is 0 Å². The van der Waals surface area contributed by atoms with Crippen molar-refractivity contribution < 1.29 is 22.9 Å². The highest BCUT2D eigenvalue weighted by molar-refractivity contribution is 6.34. The summed E-state index contributed by atoms with van der Waals surface area (Å²) in [6.07, 6.45) is -4.57. The van der Waals surface area contributed by atoms with E-state index in [1.807, 2.05) is 0 Å². The zero-order valence-corrected chi connectivity index (χ0v) is 14.4. The fraction of sp³-hybridized carbons (Fsp3) is 0.188. The molecule has 2 rings (SSSR count). The Bertz CT molecular complexity index is 870. The first kappa shape index (κ1) is 19.5. The minimum Gasteiger partial charge on any atom is -0.376 e. The number of hydrogen-bond donors (Lipinski definition) is 1. The molecule has 0 radical (unpaired) electrons. The van der Waals surface area contributed by atoms with Crippen LogP contribution in [0.3, 0.4) is 0 Å². The molecule has 0 aromatic heterocycles. The summed E-state index contributed by atoms with van der Waals surface area (Å²) in [7, 11) is 3.22. The van der Waals surface area contributed by atoms with Gasteiger partial charge in [0, 0.05) is 26.2 Å². The number of carbonyl (C=O) groups is 1. The van der Waals surface area contributed by atoms with Gasteiger partial charge < -0.3 is 10.2 Å². The number of nitro benzene ring substituents is 1. The van der Waals surface area contributed by atoms with Gasteiger partial charge in [0.05, 0.1) is 32.4 Å². The van der Waals surface area contributed by atoms with Crippen LogP contribution in [0.5, 0.6) is 0 Å². The number of nitrogens with zero attached hydrogens (tertiary/aromatic N) is 2. The predicted molar refractivity (Wildman–Crippen MR) is 91.8 cm³/mol. The molecule has 0 aliphatic heterocycles. The van der Waals surface area contributed by atoms with Crippen LogP contribution in [0.4, 0.5) is 30.2 Å². The molecule has 0 saturated heterocycles. The second kappa shape index (κ2) is 7.20. The molecule has 0 unspecified atom stereocenters. The third-order valence-corrected chi connectivity index (χ3v) is 3.77. The zero-order chi connectivity index (χ0) is 19.6. The van der Waals surface area contributed by atoms with E-state index in [2.05, 4.69) is 5.32 Å². The maximum atomic E-state index is 12.9. The van der Waals surface area contributed by atoms with E-state index in [9.17, 15) is 28.1 Å². The molecule has 0 bridgehead atoms. The van der Waals surface area contributed by atoms with Crippen LogP contribution in [0.1, 0.15) is 15.9 Å². The number of rotatable bonds is 4. The molecule has 0 heterocycles. The lowest BCUT2D eigenvalue weighted by molar-refractivity contribution is -0.384. The van der Waals surface area contributed by atoms with Crippen LogP contribution in [-0.4, -0.2) is 24.9 Å². The van der Waals surface area contributed by atoms with Gasteiger partial charge in [-0.15, -0.1) is 0 Å². The number of nitro groups is 1. The fourth-order valence-electron chi connectivity index (χ4n) is 2.19. The number of nitrogens with one attached hydrogen (secondary N) is 1. The predicted octanol–water partition coefficient (Wildman–Crippen LogP) is 4.59. The molecule has 2 aromatic rings. The van der Waals surface area contributed by atoms with Crippen molar-refractivity contribution in [1.29, 1.82) is 0 Å². The molecule has 2 aromatic carbocycles. The highest BCUT2D eigenvalue weighted by Gasteiger charge is 2.31. The molecule has 138 valence electrons. The van der Waals surface area contributed by atoms with Crippen LogP contribution in [0.2, 0.25) is 5.02 Å². The second-order valence-electron chi connectivity index (χ2n) is 5.50. The number of benzene rings is 2. The molecule has 6 nitrogen and oxygen atoms in total. The Labute approximate surface area is 151 Å². The van der Waals surface area contributed by atoms with E-state index in [0.717, 1.165) is 30.3 Å². The molecule has 0 fully saturated rings. The van der Waals surface area contributed by atoms with E-state index in [0.29, 0.717) is 5.69 Å². The first-order valence-electron chi connectivity index (χ1n) is 7.14. The van der Waals surface area contributed by atoms with Crippen molar-refractivity contribution in [2.45, 2.75) is 6.18 Å². The topological polar surface area (TPSA) is 75.5 Å². The number of non-ortho nitro benzene ring substituents is 1. The van der Waals surface area contributed by atoms with Crippen LogP contribution in [0, 0.1) is 10.1 Å². The maximum absolute atomic E-state index is 12.9. The largest absolute Gasteiger partial charge is 0.416 e. The van der Waals surface area contributed by atoms with E-state index in [4.69, 9.17) is 11.6 Å². The zero-order valence-electron chi connectivity index (χ0n) is 13.6. The lowest BCUT2D eigenvalue weighted by atomic mass is 10.1. The summed E-state index contributed by atoms with van der Waals surface area (Å²) in [6, 6.07) is 6.17. The Morgan fingerprint density at radius 2 is 1.85 bits per heavy atom. The standard InChI is InChI=1S/C16H13ClF3N3O3/c1-22(2)14-6-3-9(16(18,19)20)7-13(14)21-15(24)11-5-4-10(23(25)26)8-12(11)17/h3-8H,1-2H3,(H,21,24). The van der Waals surface area contributed by atoms with Gasteiger partial charge in [-0.05, 0) is 24.3 Å². The van der Waals surface area contributed by atoms with Crippen LogP contribution in [0.25, 0.3) is 0 Å². The van der Waals surface area contributed by atoms with Crippen molar-refractivity contribution in [2.24, 2.45) is 0 Å². The molecule has 1 N–H and O–H groups in total. The second-order valence-corrected chi connectivity index (χ2v) is 5.91. The maximum Gasteiger partial charge on any atom is 0.416 e. The van der Waals surface area contributed by atoms with Crippen molar-refractivity contribution in [2.75, 3.05) is 24.3 Å². The van der Waals surface area contributed by atoms with E-state index in [-0.39, 0.29) is 22.0 Å². The summed E-state index contributed by atoms with van der Waals surface area (Å²) in [6.45, 7) is 0. The number of amides is 1. The molecular formula is C16H13ClF3N3O3. The Hall–Kier alpha value is -2.81. The van der Waals surface area contributed by atoms with Crippen LogP contribution < -0.4 is 10.2 Å². The molecule has 0 spiro atoms. The van der Waals surface area contributed by atoms with E-state index < -0.39 is 22.6 Å². The Balaban J connectivity index is 2.40. The molecule has 0 aliphatic carbocycles. The van der Waals surface area contributed by atoms with Crippen LogP contribution in [-0.2, 0) is 6.18 Å². The van der Waals surface area contributed by atoms with Crippen LogP contribution >= 0.6 is 11.6 Å². The average Bonchev–Trinajstić information content (AvgIpc) is 2.53. The van der Waals surface area contributed by atoms with Crippen LogP contribution in [0.15, 0.2) is 36.4 Å². The molecule has 0 saturated carbocycles. The molecule has 10 heteroatoms. The molecular weight excluding hydrogens is 375 g/mol. The van der Waals surface area contributed by atoms with Crippen molar-refractivity contribution in [1.82, 2.24) is 0 Å². The summed E-state index contributed by atoms with van der Waals surface area (Å²) in [5.41, 5.74) is -1.04. The van der Waals surface area contributed by atoms with E-state index in [1.165, 1.54) is 11.0 Å². The normalized spacial score (nSPS) is 11.2. The number of alkyl halides is 3. The van der Waals surface area contributed by atoms with Gasteiger partial charge in [-0.3, -0.25) is 14.9 Å². The summed E-state index contributed by atoms with van der Waals surface area (Å²) in [5.74, 6) is -0.785. The third kappa shape index (κ3) is 4.23. The molecule has 0 aliphatic rings. The highest BCUT2D eigenvalue weighted by Crippen LogP contribution is 2.35. The Kier molecular flexibility index (Phi) is 5.41. The highest BCUT2D eigenvalue weighted by atomic mass is 35.5. The minimum absolute atomic E-state index is 0.0655. The Morgan fingerprint density at radius 1 is 1.19 bits per heavy atom. The lowest BCUT2D eigenvalue weighted by Crippen LogP contribution is -2.18. The van der Waals surface area contributed by atoms with Gasteiger partial charge in [0.1, 0.15) is 0 Å². The monoisotopic (exact) mass is 387 g/mol. The smallest absolute Gasteiger partial charge is 0.376 e. The minimum atomic E-state index is -4.57. The van der Waals surface area contributed by atoms with Gasteiger partial charge in [-0.25, -0.2) is 0 Å². The number of halogens is 4. The lowest BCUT2D eigenvalue weighted by Gasteiger charge is -2.20. The van der Waals surface area contributed by atoms with Gasteiger partial charge in [0.2, 0.25) is 0 Å². The summed E-state index contributed by atoms with van der Waals surface area (Å²) in [5, 5.41) is 12.9. The van der Waals surface area contributed by atoms with E-state index in [1.54, 1.807) is 14.1 Å². The van der Waals surface area contributed by atoms with Crippen molar-refractivity contribution in [3.8, 4) is 0 Å². The van der Waals surface area contributed by atoms with Gasteiger partial charge in [-0.1, -0.05) is 11.6 Å². The molecule has 0 atom stereocenters. The molecule has 26 heavy (non-hydrogen) atoms. The van der Waals surface area contributed by atoms with E-state index >= 15 is 0 Å². The fourth-order valence-corrected chi connectivity index (χ4v) is 2.45. The molecule has 1 amide bonds. The third-order valence-electron chi connectivity index (χ3n) is 3.46. The van der Waals surface area contributed by atoms with Crippen molar-refractivity contribution in [3.05, 3.63) is 62.7 Å². The summed E-state index contributed by atoms with van der Waals surface area (Å²) < 4.78 is 38.8. The number of carbonyl (C=O) groups excluding carboxylic acids is 1. The quantitative estimate of drug-likeness (QED) is 0.615. The van der Waals surface area contributed by atoms with Gasteiger partial charge in [-0.2, -0.15) is 13.2 Å². The number of hydrogen-bond acceptors (Lipinski definition) is 4. The summed E-state index contributed by atoms with van der Waals surface area (Å²) >= 11 is 5.89.